The normalized spacial score (nSPS) is 14.3. The summed E-state index contributed by atoms with van der Waals surface area (Å²) in [6, 6.07) is 20.7. The second-order valence-corrected chi connectivity index (χ2v) is 10.9. The summed E-state index contributed by atoms with van der Waals surface area (Å²) in [7, 11) is 0. The van der Waals surface area contributed by atoms with Gasteiger partial charge in [0.1, 0.15) is 5.69 Å². The lowest BCUT2D eigenvalue weighted by molar-refractivity contribution is 0.0161. The van der Waals surface area contributed by atoms with Crippen molar-refractivity contribution in [3.63, 3.8) is 0 Å². The summed E-state index contributed by atoms with van der Waals surface area (Å²) in [5.74, 6) is 0.188. The SMILES string of the molecule is O=C(NCC(c1cccnc1)N1CCOCC1)c1cc(-c2nc(Nc3ccccc3)ncc2-c2cc(Cl)cc(Cl)c2)c[nH]1. The number of anilines is 2. The van der Waals surface area contributed by atoms with Crippen molar-refractivity contribution >= 4 is 40.7 Å². The number of rotatable bonds is 9. The monoisotopic (exact) mass is 613 g/mol. The molecule has 1 fully saturated rings. The fourth-order valence-corrected chi connectivity index (χ4v) is 5.63. The van der Waals surface area contributed by atoms with E-state index < -0.39 is 0 Å². The van der Waals surface area contributed by atoms with Crippen LogP contribution in [0.2, 0.25) is 10.0 Å². The molecule has 1 aliphatic rings. The minimum absolute atomic E-state index is 0.0244. The maximum absolute atomic E-state index is 13.4. The van der Waals surface area contributed by atoms with Crippen LogP contribution < -0.4 is 10.6 Å². The van der Waals surface area contributed by atoms with Gasteiger partial charge in [-0.2, -0.15) is 0 Å². The summed E-state index contributed by atoms with van der Waals surface area (Å²) in [4.78, 5) is 32.5. The van der Waals surface area contributed by atoms with Gasteiger partial charge >= 0.3 is 0 Å². The molecule has 9 nitrogen and oxygen atoms in total. The van der Waals surface area contributed by atoms with Crippen molar-refractivity contribution in [2.24, 2.45) is 0 Å². The summed E-state index contributed by atoms with van der Waals surface area (Å²) in [6.45, 7) is 3.30. The number of carbonyl (C=O) groups is 1. The molecule has 3 N–H and O–H groups in total. The first-order valence-corrected chi connectivity index (χ1v) is 14.6. The van der Waals surface area contributed by atoms with Crippen LogP contribution in [0.3, 0.4) is 0 Å². The molecule has 1 amide bonds. The van der Waals surface area contributed by atoms with E-state index in [1.807, 2.05) is 60.8 Å². The highest BCUT2D eigenvalue weighted by molar-refractivity contribution is 6.35. The van der Waals surface area contributed by atoms with Gasteiger partial charge in [0.25, 0.3) is 5.91 Å². The number of amides is 1. The van der Waals surface area contributed by atoms with Gasteiger partial charge in [-0.3, -0.25) is 14.7 Å². The zero-order valence-corrected chi connectivity index (χ0v) is 24.6. The van der Waals surface area contributed by atoms with Crippen LogP contribution in [0.15, 0.2) is 91.5 Å². The zero-order chi connectivity index (χ0) is 29.6. The van der Waals surface area contributed by atoms with Crippen LogP contribution in [0, 0.1) is 0 Å². The fraction of sp³-hybridized carbons (Fsp3) is 0.188. The van der Waals surface area contributed by atoms with Gasteiger partial charge in [-0.1, -0.05) is 47.5 Å². The van der Waals surface area contributed by atoms with Gasteiger partial charge in [-0.25, -0.2) is 9.97 Å². The van der Waals surface area contributed by atoms with Crippen molar-refractivity contribution < 1.29 is 9.53 Å². The number of halogens is 2. The van der Waals surface area contributed by atoms with Crippen molar-refractivity contribution in [2.45, 2.75) is 6.04 Å². The number of aromatic nitrogens is 4. The van der Waals surface area contributed by atoms with Crippen LogP contribution in [0.5, 0.6) is 0 Å². The summed E-state index contributed by atoms with van der Waals surface area (Å²) in [5.41, 5.74) is 5.11. The number of nitrogens with one attached hydrogen (secondary N) is 3. The van der Waals surface area contributed by atoms with Gasteiger partial charge in [-0.15, -0.1) is 0 Å². The maximum atomic E-state index is 13.4. The Balaban J connectivity index is 1.27. The fourth-order valence-electron chi connectivity index (χ4n) is 5.10. The molecule has 43 heavy (non-hydrogen) atoms. The van der Waals surface area contributed by atoms with Crippen molar-refractivity contribution in [3.05, 3.63) is 113 Å². The Hall–Kier alpha value is -4.28. The summed E-state index contributed by atoms with van der Waals surface area (Å²) < 4.78 is 5.54. The topological polar surface area (TPSA) is 108 Å². The molecular formula is C32H29Cl2N7O2. The van der Waals surface area contributed by atoms with Crippen LogP contribution in [-0.4, -0.2) is 63.6 Å². The van der Waals surface area contributed by atoms with Crippen LogP contribution in [0.25, 0.3) is 22.4 Å². The Kier molecular flexibility index (Phi) is 8.95. The molecule has 5 aromatic rings. The molecule has 0 spiro atoms. The van der Waals surface area contributed by atoms with E-state index in [-0.39, 0.29) is 11.9 Å². The van der Waals surface area contributed by atoms with Gasteiger partial charge in [0.15, 0.2) is 0 Å². The van der Waals surface area contributed by atoms with Crippen molar-refractivity contribution in [1.29, 1.82) is 0 Å². The number of benzene rings is 2. The first kappa shape index (κ1) is 28.8. The summed E-state index contributed by atoms with van der Waals surface area (Å²) in [5, 5.41) is 7.34. The van der Waals surface area contributed by atoms with Gasteiger partial charge < -0.3 is 20.4 Å². The van der Waals surface area contributed by atoms with Gasteiger partial charge in [-0.05, 0) is 53.6 Å². The van der Waals surface area contributed by atoms with E-state index >= 15 is 0 Å². The zero-order valence-electron chi connectivity index (χ0n) is 23.1. The lowest BCUT2D eigenvalue weighted by Gasteiger charge is -2.34. The largest absolute Gasteiger partial charge is 0.379 e. The van der Waals surface area contributed by atoms with E-state index in [0.717, 1.165) is 35.5 Å². The minimum atomic E-state index is -0.225. The highest BCUT2D eigenvalue weighted by Crippen LogP contribution is 2.35. The molecule has 0 bridgehead atoms. The highest BCUT2D eigenvalue weighted by Gasteiger charge is 2.24. The third-order valence-corrected chi connectivity index (χ3v) is 7.64. The average Bonchev–Trinajstić information content (AvgIpc) is 3.53. The van der Waals surface area contributed by atoms with E-state index in [1.165, 1.54) is 0 Å². The third kappa shape index (κ3) is 7.03. The molecule has 3 aromatic heterocycles. The average molecular weight is 615 g/mol. The predicted octanol–water partition coefficient (Wildman–Crippen LogP) is 6.39. The van der Waals surface area contributed by atoms with E-state index in [0.29, 0.717) is 52.7 Å². The molecule has 4 heterocycles. The van der Waals surface area contributed by atoms with Crippen LogP contribution >= 0.6 is 23.2 Å². The molecule has 11 heteroatoms. The standard InChI is InChI=1S/C32H29Cl2N7O2/c33-24-13-22(14-25(34)16-24)27-19-38-32(39-26-6-2-1-3-7-26)40-30(27)23-15-28(36-18-23)31(42)37-20-29(21-5-4-8-35-17-21)41-9-11-43-12-10-41/h1-8,13-19,29,36H,9-12,20H2,(H,37,42)(H,38,39,40). The Labute approximate surface area is 259 Å². The number of carbonyl (C=O) groups excluding carboxylic acids is 1. The number of ether oxygens (including phenoxy) is 1. The molecule has 1 saturated heterocycles. The van der Waals surface area contributed by atoms with Crippen LogP contribution in [-0.2, 0) is 4.74 Å². The second kappa shape index (κ2) is 13.4. The number of hydrogen-bond donors (Lipinski definition) is 3. The smallest absolute Gasteiger partial charge is 0.267 e. The molecule has 1 unspecified atom stereocenters. The number of nitrogens with zero attached hydrogens (tertiary/aromatic N) is 4. The molecule has 6 rings (SSSR count). The molecule has 1 atom stereocenters. The number of hydrogen-bond acceptors (Lipinski definition) is 7. The number of morpholine rings is 1. The van der Waals surface area contributed by atoms with Crippen LogP contribution in [0.1, 0.15) is 22.1 Å². The highest BCUT2D eigenvalue weighted by atomic mass is 35.5. The second-order valence-electron chi connectivity index (χ2n) is 10.1. The predicted molar refractivity (Wildman–Crippen MR) is 169 cm³/mol. The van der Waals surface area contributed by atoms with Gasteiger partial charge in [0, 0.05) is 71.3 Å². The molecule has 0 radical (unpaired) electrons. The van der Waals surface area contributed by atoms with Gasteiger partial charge in [0.2, 0.25) is 5.95 Å². The van der Waals surface area contributed by atoms with E-state index in [4.69, 9.17) is 32.9 Å². The lowest BCUT2D eigenvalue weighted by atomic mass is 10.0. The van der Waals surface area contributed by atoms with Crippen molar-refractivity contribution in [2.75, 3.05) is 38.2 Å². The number of pyridine rings is 1. The van der Waals surface area contributed by atoms with E-state index in [2.05, 4.69) is 30.5 Å². The first-order valence-electron chi connectivity index (χ1n) is 13.9. The molecule has 0 saturated carbocycles. The quantitative estimate of drug-likeness (QED) is 0.177. The number of para-hydroxylation sites is 1. The summed E-state index contributed by atoms with van der Waals surface area (Å²) in [6.07, 6.45) is 7.08. The van der Waals surface area contributed by atoms with E-state index in [9.17, 15) is 4.79 Å². The van der Waals surface area contributed by atoms with Crippen LogP contribution in [0.4, 0.5) is 11.6 Å². The van der Waals surface area contributed by atoms with E-state index in [1.54, 1.807) is 30.7 Å². The molecule has 218 valence electrons. The molecule has 0 aliphatic carbocycles. The molecule has 1 aliphatic heterocycles. The number of H-pyrrole nitrogens is 1. The molecule has 2 aromatic carbocycles. The maximum Gasteiger partial charge on any atom is 0.267 e. The Morgan fingerprint density at radius 1 is 0.977 bits per heavy atom. The Morgan fingerprint density at radius 3 is 2.51 bits per heavy atom. The number of aromatic amines is 1. The first-order chi connectivity index (χ1) is 21.0. The van der Waals surface area contributed by atoms with Gasteiger partial charge in [0.05, 0.1) is 24.9 Å². The van der Waals surface area contributed by atoms with Crippen molar-refractivity contribution in [1.82, 2.24) is 30.2 Å². The minimum Gasteiger partial charge on any atom is -0.379 e. The third-order valence-electron chi connectivity index (χ3n) is 7.20. The lowest BCUT2D eigenvalue weighted by Crippen LogP contribution is -2.43. The molecular weight excluding hydrogens is 585 g/mol. The Morgan fingerprint density at radius 2 is 1.77 bits per heavy atom. The Bertz CT molecular complexity index is 1670. The summed E-state index contributed by atoms with van der Waals surface area (Å²) >= 11 is 12.7. The van der Waals surface area contributed by atoms with Crippen molar-refractivity contribution in [3.8, 4) is 22.4 Å².